The quantitative estimate of drug-likeness (QED) is 0.691. The molecule has 4 heteroatoms. The molecule has 0 radical (unpaired) electrons. The third kappa shape index (κ3) is 1.67. The van der Waals surface area contributed by atoms with Gasteiger partial charge in [-0.1, -0.05) is 0 Å². The Kier molecular flexibility index (Phi) is 2.14. The Morgan fingerprint density at radius 3 is 2.47 bits per heavy atom. The molecule has 17 heavy (non-hydrogen) atoms. The first-order valence-electron chi connectivity index (χ1n) is 5.47. The number of nitrogens with zero attached hydrogens (tertiary/aromatic N) is 3. The van der Waals surface area contributed by atoms with Crippen LogP contribution in [0.3, 0.4) is 0 Å². The Balaban J connectivity index is 2.20. The van der Waals surface area contributed by atoms with E-state index in [1.165, 1.54) is 5.56 Å². The predicted molar refractivity (Wildman–Crippen MR) is 66.6 cm³/mol. The summed E-state index contributed by atoms with van der Waals surface area (Å²) in [7, 11) is 0. The topological polar surface area (TPSA) is 54.5 Å². The molecule has 0 spiro atoms. The van der Waals surface area contributed by atoms with Crippen LogP contribution in [-0.4, -0.2) is 20.2 Å². The monoisotopic (exact) mass is 224 g/mol. The van der Waals surface area contributed by atoms with E-state index in [2.05, 4.69) is 39.2 Å². The smallest absolute Gasteiger partial charge is 0.125 e. The first kappa shape index (κ1) is 9.96. The van der Waals surface area contributed by atoms with E-state index in [-0.39, 0.29) is 0 Å². The minimum Gasteiger partial charge on any atom is -0.278 e. The fourth-order valence-corrected chi connectivity index (χ4v) is 1.94. The molecule has 2 heterocycles. The SMILES string of the molecule is Cc1ncc(-c2cc(C)c3[nH]ncc3c2)cn1. The summed E-state index contributed by atoms with van der Waals surface area (Å²) in [6.07, 6.45) is 5.53. The maximum Gasteiger partial charge on any atom is 0.125 e. The van der Waals surface area contributed by atoms with Crippen molar-refractivity contribution in [1.29, 1.82) is 0 Å². The Morgan fingerprint density at radius 2 is 1.71 bits per heavy atom. The van der Waals surface area contributed by atoms with Gasteiger partial charge in [-0.25, -0.2) is 9.97 Å². The van der Waals surface area contributed by atoms with Crippen molar-refractivity contribution in [2.75, 3.05) is 0 Å². The van der Waals surface area contributed by atoms with E-state index in [0.29, 0.717) is 0 Å². The minimum atomic E-state index is 0.787. The number of fused-ring (bicyclic) bond motifs is 1. The van der Waals surface area contributed by atoms with Crippen LogP contribution in [0.5, 0.6) is 0 Å². The van der Waals surface area contributed by atoms with Gasteiger partial charge in [0.25, 0.3) is 0 Å². The van der Waals surface area contributed by atoms with Crippen LogP contribution in [0, 0.1) is 13.8 Å². The highest BCUT2D eigenvalue weighted by molar-refractivity contribution is 5.86. The molecule has 0 saturated heterocycles. The van der Waals surface area contributed by atoms with Crippen molar-refractivity contribution in [3.8, 4) is 11.1 Å². The number of H-pyrrole nitrogens is 1. The second-order valence-electron chi connectivity index (χ2n) is 4.15. The third-order valence-corrected chi connectivity index (χ3v) is 2.86. The van der Waals surface area contributed by atoms with Crippen molar-refractivity contribution in [3.63, 3.8) is 0 Å². The van der Waals surface area contributed by atoms with Crippen molar-refractivity contribution in [1.82, 2.24) is 20.2 Å². The van der Waals surface area contributed by atoms with E-state index in [0.717, 1.165) is 27.9 Å². The standard InChI is InChI=1S/C13H12N4/c1-8-3-10(4-11-7-16-17-13(8)11)12-5-14-9(2)15-6-12/h3-7H,1-2H3,(H,16,17). The molecule has 0 aliphatic rings. The van der Waals surface area contributed by atoms with Gasteiger partial charge in [-0.2, -0.15) is 5.10 Å². The summed E-state index contributed by atoms with van der Waals surface area (Å²) >= 11 is 0. The van der Waals surface area contributed by atoms with Crippen molar-refractivity contribution >= 4 is 10.9 Å². The lowest BCUT2D eigenvalue weighted by Crippen LogP contribution is -1.88. The molecular weight excluding hydrogens is 212 g/mol. The van der Waals surface area contributed by atoms with Gasteiger partial charge in [0.1, 0.15) is 5.82 Å². The Labute approximate surface area is 98.7 Å². The zero-order valence-electron chi connectivity index (χ0n) is 9.73. The van der Waals surface area contributed by atoms with Crippen LogP contribution in [-0.2, 0) is 0 Å². The summed E-state index contributed by atoms with van der Waals surface area (Å²) in [5, 5.41) is 8.16. The average Bonchev–Trinajstić information content (AvgIpc) is 2.78. The largest absolute Gasteiger partial charge is 0.278 e. The van der Waals surface area contributed by atoms with Crippen LogP contribution < -0.4 is 0 Å². The van der Waals surface area contributed by atoms with Crippen LogP contribution in [0.15, 0.2) is 30.7 Å². The molecule has 84 valence electrons. The summed E-state index contributed by atoms with van der Waals surface area (Å²) in [6, 6.07) is 4.22. The summed E-state index contributed by atoms with van der Waals surface area (Å²) in [4.78, 5) is 8.44. The summed E-state index contributed by atoms with van der Waals surface area (Å²) < 4.78 is 0. The van der Waals surface area contributed by atoms with Gasteiger partial charge in [-0.05, 0) is 37.1 Å². The Bertz CT molecular complexity index is 667. The van der Waals surface area contributed by atoms with Crippen LogP contribution in [0.4, 0.5) is 0 Å². The molecule has 2 aromatic heterocycles. The molecule has 3 aromatic rings. The van der Waals surface area contributed by atoms with Crippen LogP contribution >= 0.6 is 0 Å². The number of aryl methyl sites for hydroxylation is 2. The number of hydrogen-bond acceptors (Lipinski definition) is 3. The minimum absolute atomic E-state index is 0.787. The van der Waals surface area contributed by atoms with Gasteiger partial charge >= 0.3 is 0 Å². The number of aromatic amines is 1. The highest BCUT2D eigenvalue weighted by atomic mass is 15.1. The molecule has 0 bridgehead atoms. The van der Waals surface area contributed by atoms with Gasteiger partial charge in [-0.15, -0.1) is 0 Å². The van der Waals surface area contributed by atoms with E-state index in [9.17, 15) is 0 Å². The third-order valence-electron chi connectivity index (χ3n) is 2.86. The first-order valence-corrected chi connectivity index (χ1v) is 5.47. The number of benzene rings is 1. The van der Waals surface area contributed by atoms with Crippen LogP contribution in [0.2, 0.25) is 0 Å². The van der Waals surface area contributed by atoms with Crippen LogP contribution in [0.1, 0.15) is 11.4 Å². The Hall–Kier alpha value is -2.23. The fraction of sp³-hybridized carbons (Fsp3) is 0.154. The number of hydrogen-bond donors (Lipinski definition) is 1. The van der Waals surface area contributed by atoms with E-state index in [1.807, 2.05) is 25.5 Å². The second kappa shape index (κ2) is 3.66. The number of nitrogens with one attached hydrogen (secondary N) is 1. The summed E-state index contributed by atoms with van der Waals surface area (Å²) in [6.45, 7) is 3.95. The van der Waals surface area contributed by atoms with Crippen molar-refractivity contribution < 1.29 is 0 Å². The van der Waals surface area contributed by atoms with Crippen molar-refractivity contribution in [3.05, 3.63) is 42.1 Å². The highest BCUT2D eigenvalue weighted by Gasteiger charge is 2.05. The van der Waals surface area contributed by atoms with E-state index in [1.54, 1.807) is 0 Å². The number of rotatable bonds is 1. The lowest BCUT2D eigenvalue weighted by Gasteiger charge is -2.03. The first-order chi connectivity index (χ1) is 8.24. The van der Waals surface area contributed by atoms with Gasteiger partial charge in [-0.3, -0.25) is 5.10 Å². The summed E-state index contributed by atoms with van der Waals surface area (Å²) in [5.41, 5.74) is 4.41. The van der Waals surface area contributed by atoms with Gasteiger partial charge in [0, 0.05) is 23.3 Å². The maximum atomic E-state index is 4.22. The zero-order valence-corrected chi connectivity index (χ0v) is 9.73. The second-order valence-corrected chi connectivity index (χ2v) is 4.15. The molecular formula is C13H12N4. The average molecular weight is 224 g/mol. The van der Waals surface area contributed by atoms with E-state index < -0.39 is 0 Å². The molecule has 3 rings (SSSR count). The molecule has 0 amide bonds. The van der Waals surface area contributed by atoms with Crippen LogP contribution in [0.25, 0.3) is 22.0 Å². The molecule has 0 fully saturated rings. The molecule has 1 N–H and O–H groups in total. The van der Waals surface area contributed by atoms with E-state index in [4.69, 9.17) is 0 Å². The van der Waals surface area contributed by atoms with Crippen molar-refractivity contribution in [2.24, 2.45) is 0 Å². The molecule has 0 atom stereocenters. The lowest BCUT2D eigenvalue weighted by molar-refractivity contribution is 1.06. The van der Waals surface area contributed by atoms with Gasteiger partial charge in [0.05, 0.1) is 11.7 Å². The molecule has 0 aliphatic carbocycles. The predicted octanol–water partition coefficient (Wildman–Crippen LogP) is 2.64. The molecule has 0 unspecified atom stereocenters. The van der Waals surface area contributed by atoms with Gasteiger partial charge in [0.2, 0.25) is 0 Å². The molecule has 0 aliphatic heterocycles. The fourth-order valence-electron chi connectivity index (χ4n) is 1.94. The van der Waals surface area contributed by atoms with Gasteiger partial charge < -0.3 is 0 Å². The summed E-state index contributed by atoms with van der Waals surface area (Å²) in [5.74, 6) is 0.787. The molecule has 0 saturated carbocycles. The zero-order chi connectivity index (χ0) is 11.8. The molecule has 1 aromatic carbocycles. The van der Waals surface area contributed by atoms with Gasteiger partial charge in [0.15, 0.2) is 0 Å². The maximum absolute atomic E-state index is 4.22. The molecule has 4 nitrogen and oxygen atoms in total. The highest BCUT2D eigenvalue weighted by Crippen LogP contribution is 2.25. The normalized spacial score (nSPS) is 10.9. The Morgan fingerprint density at radius 1 is 0.941 bits per heavy atom. The lowest BCUT2D eigenvalue weighted by atomic mass is 10.0. The van der Waals surface area contributed by atoms with E-state index >= 15 is 0 Å². The number of aromatic nitrogens is 4. The van der Waals surface area contributed by atoms with Crippen molar-refractivity contribution in [2.45, 2.75) is 13.8 Å².